The van der Waals surface area contributed by atoms with E-state index >= 15 is 0 Å². The van der Waals surface area contributed by atoms with Crippen molar-refractivity contribution in [1.82, 2.24) is 10.2 Å². The highest BCUT2D eigenvalue weighted by Crippen LogP contribution is 2.19. The van der Waals surface area contributed by atoms with Gasteiger partial charge in [0, 0.05) is 32.0 Å². The van der Waals surface area contributed by atoms with Crippen LogP contribution in [-0.2, 0) is 24.3 Å². The maximum atomic E-state index is 12.2. The Bertz CT molecular complexity index is 838. The van der Waals surface area contributed by atoms with Crippen molar-refractivity contribution < 1.29 is 14.0 Å². The van der Waals surface area contributed by atoms with Crippen molar-refractivity contribution in [3.8, 4) is 0 Å². The molecule has 2 aromatic rings. The van der Waals surface area contributed by atoms with Gasteiger partial charge < -0.3 is 9.73 Å². The second kappa shape index (κ2) is 9.88. The summed E-state index contributed by atoms with van der Waals surface area (Å²) in [7, 11) is 0. The molecule has 156 valence electrons. The van der Waals surface area contributed by atoms with Gasteiger partial charge in [0.1, 0.15) is 11.5 Å². The lowest BCUT2D eigenvalue weighted by molar-refractivity contribution is -0.121. The number of nitrogens with zero attached hydrogens (tertiary/aromatic N) is 1. The van der Waals surface area contributed by atoms with Crippen molar-refractivity contribution in [2.75, 3.05) is 6.54 Å². The maximum absolute atomic E-state index is 12.2. The van der Waals surface area contributed by atoms with Crippen LogP contribution < -0.4 is 5.32 Å². The summed E-state index contributed by atoms with van der Waals surface area (Å²) in [4.78, 5) is 26.2. The van der Waals surface area contributed by atoms with Crippen LogP contribution in [0, 0.1) is 6.92 Å². The Kier molecular flexibility index (Phi) is 7.26. The number of piperidine rings is 1. The molecule has 1 fully saturated rings. The predicted octanol–water partition coefficient (Wildman–Crippen LogP) is 4.41. The fraction of sp³-hybridized carbons (Fsp3) is 0.500. The van der Waals surface area contributed by atoms with Gasteiger partial charge in [-0.25, -0.2) is 0 Å². The molecule has 3 rings (SSSR count). The third kappa shape index (κ3) is 6.04. The van der Waals surface area contributed by atoms with Crippen LogP contribution in [0.4, 0.5) is 0 Å². The van der Waals surface area contributed by atoms with Gasteiger partial charge in [-0.15, -0.1) is 0 Å². The average Bonchev–Trinajstić information content (AvgIpc) is 3.08. The third-order valence-electron chi connectivity index (χ3n) is 5.79. The van der Waals surface area contributed by atoms with Crippen LogP contribution in [-0.4, -0.2) is 29.2 Å². The monoisotopic (exact) mass is 396 g/mol. The molecular formula is C24H32N2O3. The SMILES string of the molecule is CC(=O)c1cc(CCC(=O)NCc2ccc(CN3CCCCC3C)cc2)oc1C. The van der Waals surface area contributed by atoms with Crippen LogP contribution in [0.5, 0.6) is 0 Å². The van der Waals surface area contributed by atoms with Crippen LogP contribution in [0.1, 0.15) is 72.5 Å². The highest BCUT2D eigenvalue weighted by molar-refractivity contribution is 5.95. The van der Waals surface area contributed by atoms with Crippen molar-refractivity contribution in [1.29, 1.82) is 0 Å². The van der Waals surface area contributed by atoms with E-state index < -0.39 is 0 Å². The molecule has 2 heterocycles. The summed E-state index contributed by atoms with van der Waals surface area (Å²) < 4.78 is 5.57. The number of carbonyl (C=O) groups is 2. The first kappa shape index (κ1) is 21.3. The van der Waals surface area contributed by atoms with Crippen LogP contribution in [0.25, 0.3) is 0 Å². The van der Waals surface area contributed by atoms with Crippen LogP contribution >= 0.6 is 0 Å². The second-order valence-electron chi connectivity index (χ2n) is 8.15. The molecule has 29 heavy (non-hydrogen) atoms. The normalized spacial score (nSPS) is 17.3. The Morgan fingerprint density at radius 1 is 1.17 bits per heavy atom. The molecule has 0 aliphatic carbocycles. The lowest BCUT2D eigenvalue weighted by Gasteiger charge is -2.33. The van der Waals surface area contributed by atoms with Gasteiger partial charge in [-0.05, 0) is 57.4 Å². The van der Waals surface area contributed by atoms with Gasteiger partial charge in [-0.2, -0.15) is 0 Å². The quantitative estimate of drug-likeness (QED) is 0.671. The van der Waals surface area contributed by atoms with E-state index in [0.717, 1.165) is 12.1 Å². The summed E-state index contributed by atoms with van der Waals surface area (Å²) in [6, 6.07) is 10.9. The average molecular weight is 397 g/mol. The zero-order valence-electron chi connectivity index (χ0n) is 17.8. The number of likely N-dealkylation sites (tertiary alicyclic amines) is 1. The summed E-state index contributed by atoms with van der Waals surface area (Å²) in [5.74, 6) is 1.26. The molecule has 1 amide bonds. The molecule has 0 radical (unpaired) electrons. The molecule has 1 aromatic heterocycles. The van der Waals surface area contributed by atoms with E-state index in [2.05, 4.69) is 41.4 Å². The van der Waals surface area contributed by atoms with Gasteiger partial charge in [-0.1, -0.05) is 30.7 Å². The number of rotatable bonds is 8. The first-order valence-electron chi connectivity index (χ1n) is 10.6. The van der Waals surface area contributed by atoms with Crippen LogP contribution in [0.3, 0.4) is 0 Å². The summed E-state index contributed by atoms with van der Waals surface area (Å²) in [5, 5.41) is 2.96. The fourth-order valence-electron chi connectivity index (χ4n) is 3.93. The number of carbonyl (C=O) groups excluding carboxylic acids is 2. The molecule has 1 aliphatic heterocycles. The number of Topliss-reactive ketones (excluding diaryl/α,β-unsaturated/α-hetero) is 1. The molecule has 0 bridgehead atoms. The van der Waals surface area contributed by atoms with Gasteiger partial charge in [0.15, 0.2) is 5.78 Å². The molecule has 0 saturated carbocycles. The fourth-order valence-corrected chi connectivity index (χ4v) is 3.93. The molecule has 1 unspecified atom stereocenters. The minimum atomic E-state index is -0.0188. The van der Waals surface area contributed by atoms with Gasteiger partial charge in [0.25, 0.3) is 0 Å². The Labute approximate surface area is 173 Å². The Morgan fingerprint density at radius 3 is 2.55 bits per heavy atom. The summed E-state index contributed by atoms with van der Waals surface area (Å²) in [6.45, 7) is 8.31. The largest absolute Gasteiger partial charge is 0.466 e. The number of nitrogens with one attached hydrogen (secondary N) is 1. The van der Waals surface area contributed by atoms with Gasteiger partial charge >= 0.3 is 0 Å². The Hall–Kier alpha value is -2.40. The van der Waals surface area contributed by atoms with E-state index in [1.807, 2.05) is 0 Å². The van der Waals surface area contributed by atoms with E-state index in [-0.39, 0.29) is 11.7 Å². The Morgan fingerprint density at radius 2 is 1.90 bits per heavy atom. The van der Waals surface area contributed by atoms with Crippen molar-refractivity contribution in [2.24, 2.45) is 0 Å². The van der Waals surface area contributed by atoms with E-state index in [4.69, 9.17) is 4.42 Å². The maximum Gasteiger partial charge on any atom is 0.220 e. The molecule has 1 atom stereocenters. The zero-order valence-corrected chi connectivity index (χ0v) is 17.8. The number of hydrogen-bond acceptors (Lipinski definition) is 4. The number of amides is 1. The number of furan rings is 1. The highest BCUT2D eigenvalue weighted by atomic mass is 16.3. The number of benzene rings is 1. The second-order valence-corrected chi connectivity index (χ2v) is 8.15. The molecule has 1 aliphatic rings. The van der Waals surface area contributed by atoms with Crippen molar-refractivity contribution in [3.05, 3.63) is 58.5 Å². The topological polar surface area (TPSA) is 62.6 Å². The van der Waals surface area contributed by atoms with Gasteiger partial charge in [0.2, 0.25) is 5.91 Å². The minimum absolute atomic E-state index is 0.0138. The predicted molar refractivity (Wildman–Crippen MR) is 114 cm³/mol. The lowest BCUT2D eigenvalue weighted by atomic mass is 10.0. The van der Waals surface area contributed by atoms with E-state index in [1.54, 1.807) is 13.0 Å². The van der Waals surface area contributed by atoms with Gasteiger partial charge in [-0.3, -0.25) is 14.5 Å². The third-order valence-corrected chi connectivity index (χ3v) is 5.79. The van der Waals surface area contributed by atoms with E-state index in [0.29, 0.717) is 42.5 Å². The van der Waals surface area contributed by atoms with Crippen molar-refractivity contribution in [2.45, 2.75) is 72.0 Å². The molecule has 0 spiro atoms. The zero-order chi connectivity index (χ0) is 20.8. The Balaban J connectivity index is 1.43. The van der Waals surface area contributed by atoms with Gasteiger partial charge in [0.05, 0.1) is 5.56 Å². The highest BCUT2D eigenvalue weighted by Gasteiger charge is 2.18. The molecule has 1 saturated heterocycles. The summed E-state index contributed by atoms with van der Waals surface area (Å²) >= 11 is 0. The number of aryl methyl sites for hydroxylation is 2. The number of hydrogen-bond donors (Lipinski definition) is 1. The van der Waals surface area contributed by atoms with Crippen LogP contribution in [0.2, 0.25) is 0 Å². The molecular weight excluding hydrogens is 364 g/mol. The summed E-state index contributed by atoms with van der Waals surface area (Å²) in [6.07, 6.45) is 4.76. The van der Waals surface area contributed by atoms with Crippen molar-refractivity contribution >= 4 is 11.7 Å². The first-order valence-corrected chi connectivity index (χ1v) is 10.6. The smallest absolute Gasteiger partial charge is 0.220 e. The standard InChI is InChI=1S/C24H32N2O3/c1-17-6-4-5-13-26(17)16-21-9-7-20(8-10-21)15-25-24(28)12-11-22-14-23(18(2)27)19(3)29-22/h7-10,14,17H,4-6,11-13,15-16H2,1-3H3,(H,25,28). The lowest BCUT2D eigenvalue weighted by Crippen LogP contribution is -2.36. The molecule has 5 heteroatoms. The van der Waals surface area contributed by atoms with E-state index in [9.17, 15) is 9.59 Å². The summed E-state index contributed by atoms with van der Waals surface area (Å²) in [5.41, 5.74) is 3.02. The van der Waals surface area contributed by atoms with E-state index in [1.165, 1.54) is 38.3 Å². The molecule has 1 aromatic carbocycles. The number of ketones is 1. The molecule has 1 N–H and O–H groups in total. The minimum Gasteiger partial charge on any atom is -0.466 e. The van der Waals surface area contributed by atoms with Crippen molar-refractivity contribution in [3.63, 3.8) is 0 Å². The molecule has 5 nitrogen and oxygen atoms in total. The first-order chi connectivity index (χ1) is 13.9. The van der Waals surface area contributed by atoms with Crippen LogP contribution in [0.15, 0.2) is 34.7 Å².